The number of nitrogens with zero attached hydrogens (tertiary/aromatic N) is 3. The lowest BCUT2D eigenvalue weighted by Gasteiger charge is -2.33. The van der Waals surface area contributed by atoms with E-state index in [1.54, 1.807) is 4.90 Å². The van der Waals surface area contributed by atoms with Crippen LogP contribution in [0.15, 0.2) is 24.3 Å². The number of anilines is 2. The SMILES string of the molecule is CC(=O)NCC1CN(c2ccc(N3CC4OCCN(P)C4C3)cc2)C(=O)O1. The zero-order chi connectivity index (χ0) is 19.0. The lowest BCUT2D eigenvalue weighted by Crippen LogP contribution is -2.45. The predicted molar refractivity (Wildman–Crippen MR) is 105 cm³/mol. The van der Waals surface area contributed by atoms with E-state index >= 15 is 0 Å². The Labute approximate surface area is 161 Å². The van der Waals surface area contributed by atoms with E-state index in [1.165, 1.54) is 6.92 Å². The molecule has 3 fully saturated rings. The molecule has 3 saturated heterocycles. The number of fused-ring (bicyclic) bond motifs is 1. The van der Waals surface area contributed by atoms with Crippen molar-refractivity contribution < 1.29 is 19.1 Å². The Hall–Kier alpha value is -1.89. The average Bonchev–Trinajstić information content (AvgIpc) is 3.25. The second-order valence-corrected chi connectivity index (χ2v) is 7.85. The average molecular weight is 392 g/mol. The summed E-state index contributed by atoms with van der Waals surface area (Å²) in [6.45, 7) is 5.73. The molecule has 4 rings (SSSR count). The Morgan fingerprint density at radius 1 is 1.22 bits per heavy atom. The fourth-order valence-electron chi connectivity index (χ4n) is 3.86. The van der Waals surface area contributed by atoms with Gasteiger partial charge in [-0.3, -0.25) is 14.4 Å². The molecule has 0 aromatic heterocycles. The molecule has 1 aromatic carbocycles. The Balaban J connectivity index is 1.39. The highest BCUT2D eigenvalue weighted by molar-refractivity contribution is 7.13. The quantitative estimate of drug-likeness (QED) is 0.766. The summed E-state index contributed by atoms with van der Waals surface area (Å²) in [7, 11) is 2.81. The van der Waals surface area contributed by atoms with E-state index in [2.05, 4.69) is 24.3 Å². The fourth-order valence-corrected chi connectivity index (χ4v) is 4.26. The van der Waals surface area contributed by atoms with Crippen molar-refractivity contribution in [3.8, 4) is 0 Å². The zero-order valence-electron chi connectivity index (χ0n) is 15.3. The summed E-state index contributed by atoms with van der Waals surface area (Å²) >= 11 is 0. The van der Waals surface area contributed by atoms with Crippen LogP contribution >= 0.6 is 9.39 Å². The monoisotopic (exact) mass is 392 g/mol. The molecule has 3 aliphatic rings. The maximum atomic E-state index is 12.1. The van der Waals surface area contributed by atoms with Crippen LogP contribution in [0, 0.1) is 0 Å². The van der Waals surface area contributed by atoms with Crippen LogP contribution in [0.3, 0.4) is 0 Å². The van der Waals surface area contributed by atoms with Gasteiger partial charge in [0, 0.05) is 37.9 Å². The number of carbonyl (C=O) groups excluding carboxylic acids is 2. The first-order valence-electron chi connectivity index (χ1n) is 9.22. The summed E-state index contributed by atoms with van der Waals surface area (Å²) in [4.78, 5) is 27.1. The lowest BCUT2D eigenvalue weighted by molar-refractivity contribution is -0.119. The van der Waals surface area contributed by atoms with E-state index in [9.17, 15) is 9.59 Å². The molecule has 4 unspecified atom stereocenters. The van der Waals surface area contributed by atoms with Crippen molar-refractivity contribution in [3.05, 3.63) is 24.3 Å². The topological polar surface area (TPSA) is 74.4 Å². The molecule has 3 aliphatic heterocycles. The van der Waals surface area contributed by atoms with Crippen molar-refractivity contribution in [2.24, 2.45) is 0 Å². The lowest BCUT2D eigenvalue weighted by atomic mass is 10.2. The number of hydrogen-bond donors (Lipinski definition) is 1. The van der Waals surface area contributed by atoms with Crippen molar-refractivity contribution in [3.63, 3.8) is 0 Å². The van der Waals surface area contributed by atoms with E-state index in [0.717, 1.165) is 37.6 Å². The highest BCUT2D eigenvalue weighted by Gasteiger charge is 2.39. The normalized spacial score (nSPS) is 28.2. The minimum atomic E-state index is -0.377. The van der Waals surface area contributed by atoms with Gasteiger partial charge in [0.2, 0.25) is 5.91 Å². The highest BCUT2D eigenvalue weighted by atomic mass is 31.0. The van der Waals surface area contributed by atoms with Crippen LogP contribution in [0.5, 0.6) is 0 Å². The number of cyclic esters (lactones) is 1. The number of morpholine rings is 1. The van der Waals surface area contributed by atoms with Gasteiger partial charge < -0.3 is 19.7 Å². The third-order valence-corrected chi connectivity index (χ3v) is 5.96. The molecule has 27 heavy (non-hydrogen) atoms. The van der Waals surface area contributed by atoms with E-state index in [0.29, 0.717) is 19.1 Å². The van der Waals surface area contributed by atoms with Gasteiger partial charge in [0.25, 0.3) is 0 Å². The standard InChI is InChI=1S/C18H25N4O4P/c1-12(23)19-8-15-9-21(18(24)26-15)14-4-2-13(3-5-14)20-10-16-17(11-20)25-7-6-22(16)27/h2-5,15-17H,6-11,27H2,1H3,(H,19,23). The predicted octanol–water partition coefficient (Wildman–Crippen LogP) is 0.827. The van der Waals surface area contributed by atoms with Crippen molar-refractivity contribution in [2.75, 3.05) is 49.1 Å². The molecule has 9 heteroatoms. The first-order valence-corrected chi connectivity index (χ1v) is 9.73. The summed E-state index contributed by atoms with van der Waals surface area (Å²) in [5, 5.41) is 2.69. The smallest absolute Gasteiger partial charge is 0.414 e. The van der Waals surface area contributed by atoms with Gasteiger partial charge in [0.1, 0.15) is 6.10 Å². The van der Waals surface area contributed by atoms with E-state index < -0.39 is 0 Å². The Morgan fingerprint density at radius 2 is 1.96 bits per heavy atom. The van der Waals surface area contributed by atoms with Crippen LogP contribution in [0.2, 0.25) is 0 Å². The molecule has 1 N–H and O–H groups in total. The first-order chi connectivity index (χ1) is 13.0. The molecule has 3 heterocycles. The maximum absolute atomic E-state index is 12.1. The summed E-state index contributed by atoms with van der Waals surface area (Å²) < 4.78 is 13.5. The van der Waals surface area contributed by atoms with Gasteiger partial charge >= 0.3 is 6.09 Å². The minimum Gasteiger partial charge on any atom is -0.442 e. The van der Waals surface area contributed by atoms with Gasteiger partial charge in [-0.1, -0.05) is 9.39 Å². The van der Waals surface area contributed by atoms with Crippen molar-refractivity contribution in [1.29, 1.82) is 0 Å². The molecule has 4 atom stereocenters. The number of carbonyl (C=O) groups is 2. The molecule has 0 bridgehead atoms. The van der Waals surface area contributed by atoms with Crippen LogP contribution in [-0.2, 0) is 14.3 Å². The second kappa shape index (κ2) is 7.62. The van der Waals surface area contributed by atoms with Gasteiger partial charge in [-0.05, 0) is 24.3 Å². The van der Waals surface area contributed by atoms with Crippen LogP contribution in [0.25, 0.3) is 0 Å². The van der Waals surface area contributed by atoms with E-state index in [-0.39, 0.29) is 24.2 Å². The molecule has 146 valence electrons. The van der Waals surface area contributed by atoms with Crippen LogP contribution in [-0.4, -0.2) is 74.3 Å². The highest BCUT2D eigenvalue weighted by Crippen LogP contribution is 2.31. The molecular weight excluding hydrogens is 367 g/mol. The summed E-state index contributed by atoms with van der Waals surface area (Å²) in [6, 6.07) is 8.35. The number of ether oxygens (including phenoxy) is 2. The van der Waals surface area contributed by atoms with E-state index in [1.807, 2.05) is 24.3 Å². The number of hydrogen-bond acceptors (Lipinski definition) is 6. The van der Waals surface area contributed by atoms with Gasteiger partial charge in [0.15, 0.2) is 0 Å². The Kier molecular flexibility index (Phi) is 5.21. The largest absolute Gasteiger partial charge is 0.442 e. The van der Waals surface area contributed by atoms with Crippen LogP contribution < -0.4 is 15.1 Å². The minimum absolute atomic E-state index is 0.131. The van der Waals surface area contributed by atoms with Crippen LogP contribution in [0.1, 0.15) is 6.92 Å². The number of amides is 2. The summed E-state index contributed by atoms with van der Waals surface area (Å²) in [6.07, 6.45) is -0.468. The van der Waals surface area contributed by atoms with Crippen molar-refractivity contribution in [1.82, 2.24) is 9.99 Å². The first kappa shape index (κ1) is 18.5. The molecule has 0 radical (unpaired) electrons. The molecule has 8 nitrogen and oxygen atoms in total. The summed E-state index contributed by atoms with van der Waals surface area (Å²) in [5.74, 6) is -0.131. The van der Waals surface area contributed by atoms with Gasteiger partial charge in [-0.15, -0.1) is 0 Å². The molecule has 2 amide bonds. The van der Waals surface area contributed by atoms with Crippen LogP contribution in [0.4, 0.5) is 16.2 Å². The Bertz CT molecular complexity index is 716. The fraction of sp³-hybridized carbons (Fsp3) is 0.556. The number of benzene rings is 1. The number of rotatable bonds is 4. The van der Waals surface area contributed by atoms with Gasteiger partial charge in [-0.2, -0.15) is 0 Å². The molecule has 1 aromatic rings. The van der Waals surface area contributed by atoms with Gasteiger partial charge in [-0.25, -0.2) is 4.79 Å². The molecule has 0 saturated carbocycles. The third-order valence-electron chi connectivity index (χ3n) is 5.32. The molecule has 0 aliphatic carbocycles. The maximum Gasteiger partial charge on any atom is 0.414 e. The third kappa shape index (κ3) is 3.88. The number of nitrogens with one attached hydrogen (secondary N) is 1. The Morgan fingerprint density at radius 3 is 2.67 bits per heavy atom. The van der Waals surface area contributed by atoms with Gasteiger partial charge in [0.05, 0.1) is 31.8 Å². The van der Waals surface area contributed by atoms with E-state index in [4.69, 9.17) is 9.47 Å². The zero-order valence-corrected chi connectivity index (χ0v) is 16.5. The van der Waals surface area contributed by atoms with Crippen molar-refractivity contribution in [2.45, 2.75) is 25.2 Å². The second-order valence-electron chi connectivity index (χ2n) is 7.19. The van der Waals surface area contributed by atoms with Crippen molar-refractivity contribution >= 4 is 32.8 Å². The summed E-state index contributed by atoms with van der Waals surface area (Å²) in [5.41, 5.74) is 1.92. The molecule has 0 spiro atoms. The molecular formula is C18H25N4O4P.